The van der Waals surface area contributed by atoms with Crippen molar-refractivity contribution in [3.8, 4) is 0 Å². The number of nitrogens with zero attached hydrogens (tertiary/aromatic N) is 3. The Hall–Kier alpha value is -0.870. The van der Waals surface area contributed by atoms with E-state index in [-0.39, 0.29) is 5.54 Å². The second kappa shape index (κ2) is 4.55. The SMILES string of the molecule is CN(Cc1ccn(C)n1)C1(CN)CCCC1. The zero-order valence-corrected chi connectivity index (χ0v) is 10.3. The lowest BCUT2D eigenvalue weighted by Crippen LogP contribution is -2.49. The summed E-state index contributed by atoms with van der Waals surface area (Å²) in [6, 6.07) is 2.08. The van der Waals surface area contributed by atoms with Gasteiger partial charge in [-0.3, -0.25) is 9.58 Å². The summed E-state index contributed by atoms with van der Waals surface area (Å²) in [6.45, 7) is 1.66. The van der Waals surface area contributed by atoms with Gasteiger partial charge in [-0.15, -0.1) is 0 Å². The summed E-state index contributed by atoms with van der Waals surface area (Å²) >= 11 is 0. The number of aryl methyl sites for hydroxylation is 1. The standard InChI is InChI=1S/C12H22N4/c1-15(9-11-5-8-16(2)14-11)12(10-13)6-3-4-7-12/h5,8H,3-4,6-7,9-10,13H2,1-2H3. The second-order valence-electron chi connectivity index (χ2n) is 4.97. The van der Waals surface area contributed by atoms with E-state index in [0.29, 0.717) is 0 Å². The van der Waals surface area contributed by atoms with Crippen molar-refractivity contribution in [2.45, 2.75) is 37.8 Å². The Morgan fingerprint density at radius 1 is 1.50 bits per heavy atom. The normalized spacial score (nSPS) is 19.5. The van der Waals surface area contributed by atoms with E-state index in [0.717, 1.165) is 18.8 Å². The highest BCUT2D eigenvalue weighted by atomic mass is 15.3. The Kier molecular flexibility index (Phi) is 3.30. The minimum Gasteiger partial charge on any atom is -0.329 e. The van der Waals surface area contributed by atoms with Gasteiger partial charge in [-0.25, -0.2) is 0 Å². The molecule has 90 valence electrons. The maximum Gasteiger partial charge on any atom is 0.0764 e. The van der Waals surface area contributed by atoms with Crippen LogP contribution in [0.25, 0.3) is 0 Å². The van der Waals surface area contributed by atoms with Gasteiger partial charge in [-0.2, -0.15) is 5.10 Å². The zero-order chi connectivity index (χ0) is 11.6. The molecular formula is C12H22N4. The van der Waals surface area contributed by atoms with Crippen molar-refractivity contribution in [3.05, 3.63) is 18.0 Å². The van der Waals surface area contributed by atoms with Gasteiger partial charge in [-0.05, 0) is 26.0 Å². The molecule has 0 amide bonds. The van der Waals surface area contributed by atoms with Gasteiger partial charge in [0, 0.05) is 31.9 Å². The Morgan fingerprint density at radius 3 is 2.69 bits per heavy atom. The van der Waals surface area contributed by atoms with Crippen LogP contribution in [0.1, 0.15) is 31.4 Å². The van der Waals surface area contributed by atoms with Crippen LogP contribution < -0.4 is 5.73 Å². The molecule has 16 heavy (non-hydrogen) atoms. The maximum atomic E-state index is 5.96. The highest BCUT2D eigenvalue weighted by molar-refractivity contribution is 5.02. The van der Waals surface area contributed by atoms with Crippen molar-refractivity contribution in [1.29, 1.82) is 0 Å². The Bertz CT molecular complexity index is 339. The monoisotopic (exact) mass is 222 g/mol. The molecule has 2 rings (SSSR count). The number of hydrogen-bond acceptors (Lipinski definition) is 3. The Labute approximate surface area is 97.4 Å². The van der Waals surface area contributed by atoms with E-state index in [1.807, 2.05) is 17.9 Å². The molecule has 1 fully saturated rings. The van der Waals surface area contributed by atoms with E-state index < -0.39 is 0 Å². The molecule has 1 saturated carbocycles. The van der Waals surface area contributed by atoms with Crippen LogP contribution in [-0.2, 0) is 13.6 Å². The van der Waals surface area contributed by atoms with Crippen molar-refractivity contribution in [3.63, 3.8) is 0 Å². The number of rotatable bonds is 4. The van der Waals surface area contributed by atoms with Crippen LogP contribution in [0, 0.1) is 0 Å². The van der Waals surface area contributed by atoms with Gasteiger partial charge in [0.2, 0.25) is 0 Å². The summed E-state index contributed by atoms with van der Waals surface area (Å²) < 4.78 is 1.85. The predicted molar refractivity (Wildman–Crippen MR) is 64.9 cm³/mol. The van der Waals surface area contributed by atoms with Crippen molar-refractivity contribution in [2.75, 3.05) is 13.6 Å². The first-order valence-electron chi connectivity index (χ1n) is 6.06. The van der Waals surface area contributed by atoms with E-state index >= 15 is 0 Å². The van der Waals surface area contributed by atoms with Gasteiger partial charge < -0.3 is 5.73 Å². The summed E-state index contributed by atoms with van der Waals surface area (Å²) in [4.78, 5) is 2.39. The highest BCUT2D eigenvalue weighted by Gasteiger charge is 2.36. The highest BCUT2D eigenvalue weighted by Crippen LogP contribution is 2.34. The Balaban J connectivity index is 2.03. The van der Waals surface area contributed by atoms with E-state index in [9.17, 15) is 0 Å². The number of aromatic nitrogens is 2. The van der Waals surface area contributed by atoms with Crippen LogP contribution in [0.4, 0.5) is 0 Å². The molecule has 1 aliphatic carbocycles. The van der Waals surface area contributed by atoms with Gasteiger partial charge in [0.25, 0.3) is 0 Å². The van der Waals surface area contributed by atoms with Gasteiger partial charge in [-0.1, -0.05) is 12.8 Å². The zero-order valence-electron chi connectivity index (χ0n) is 10.3. The number of nitrogens with two attached hydrogens (primary N) is 1. The average molecular weight is 222 g/mol. The number of hydrogen-bond donors (Lipinski definition) is 1. The van der Waals surface area contributed by atoms with Crippen LogP contribution >= 0.6 is 0 Å². The summed E-state index contributed by atoms with van der Waals surface area (Å²) in [5.41, 5.74) is 7.31. The fourth-order valence-electron chi connectivity index (χ4n) is 2.73. The molecule has 0 unspecified atom stereocenters. The Morgan fingerprint density at radius 2 is 2.19 bits per heavy atom. The summed E-state index contributed by atoms with van der Waals surface area (Å²) in [6.07, 6.45) is 7.07. The first-order chi connectivity index (χ1) is 7.66. The van der Waals surface area contributed by atoms with E-state index in [2.05, 4.69) is 23.1 Å². The summed E-state index contributed by atoms with van der Waals surface area (Å²) in [5.74, 6) is 0. The minimum atomic E-state index is 0.220. The van der Waals surface area contributed by atoms with E-state index in [1.54, 1.807) is 0 Å². The third-order valence-electron chi connectivity index (χ3n) is 3.89. The van der Waals surface area contributed by atoms with Crippen LogP contribution in [0.3, 0.4) is 0 Å². The molecule has 1 aliphatic rings. The first kappa shape index (κ1) is 11.6. The molecule has 0 radical (unpaired) electrons. The summed E-state index contributed by atoms with van der Waals surface area (Å²) in [5, 5.41) is 4.42. The lowest BCUT2D eigenvalue weighted by molar-refractivity contribution is 0.122. The lowest BCUT2D eigenvalue weighted by atomic mass is 9.95. The molecule has 0 aliphatic heterocycles. The molecule has 2 N–H and O–H groups in total. The van der Waals surface area contributed by atoms with Crippen LogP contribution in [0.2, 0.25) is 0 Å². The van der Waals surface area contributed by atoms with Crippen LogP contribution in [0.15, 0.2) is 12.3 Å². The molecule has 0 atom stereocenters. The van der Waals surface area contributed by atoms with Crippen LogP contribution in [-0.4, -0.2) is 33.8 Å². The fourth-order valence-corrected chi connectivity index (χ4v) is 2.73. The smallest absolute Gasteiger partial charge is 0.0764 e. The largest absolute Gasteiger partial charge is 0.329 e. The average Bonchev–Trinajstić information content (AvgIpc) is 2.88. The third kappa shape index (κ3) is 2.13. The van der Waals surface area contributed by atoms with Gasteiger partial charge in [0.05, 0.1) is 5.69 Å². The summed E-state index contributed by atoms with van der Waals surface area (Å²) in [7, 11) is 4.13. The molecule has 0 saturated heterocycles. The van der Waals surface area contributed by atoms with E-state index in [1.165, 1.54) is 25.7 Å². The fraction of sp³-hybridized carbons (Fsp3) is 0.750. The molecule has 0 bridgehead atoms. The van der Waals surface area contributed by atoms with Crippen LogP contribution in [0.5, 0.6) is 0 Å². The van der Waals surface area contributed by atoms with Gasteiger partial charge in [0.1, 0.15) is 0 Å². The molecule has 0 spiro atoms. The molecule has 0 aromatic carbocycles. The van der Waals surface area contributed by atoms with Crippen molar-refractivity contribution in [1.82, 2.24) is 14.7 Å². The molecule has 1 aromatic rings. The molecule has 1 heterocycles. The van der Waals surface area contributed by atoms with E-state index in [4.69, 9.17) is 5.73 Å². The van der Waals surface area contributed by atoms with Crippen molar-refractivity contribution < 1.29 is 0 Å². The molecule has 4 nitrogen and oxygen atoms in total. The maximum absolute atomic E-state index is 5.96. The van der Waals surface area contributed by atoms with Gasteiger partial charge >= 0.3 is 0 Å². The predicted octanol–water partition coefficient (Wildman–Crippen LogP) is 1.12. The van der Waals surface area contributed by atoms with Gasteiger partial charge in [0.15, 0.2) is 0 Å². The lowest BCUT2D eigenvalue weighted by Gasteiger charge is -2.37. The topological polar surface area (TPSA) is 47.1 Å². The molecule has 1 aromatic heterocycles. The van der Waals surface area contributed by atoms with Crippen molar-refractivity contribution >= 4 is 0 Å². The first-order valence-corrected chi connectivity index (χ1v) is 6.06. The number of likely N-dealkylation sites (N-methyl/N-ethyl adjacent to an activating group) is 1. The minimum absolute atomic E-state index is 0.220. The third-order valence-corrected chi connectivity index (χ3v) is 3.89. The van der Waals surface area contributed by atoms with Crippen molar-refractivity contribution in [2.24, 2.45) is 12.8 Å². The molecule has 4 heteroatoms. The quantitative estimate of drug-likeness (QED) is 0.830. The molecular weight excluding hydrogens is 200 g/mol. The second-order valence-corrected chi connectivity index (χ2v) is 4.97.